The van der Waals surface area contributed by atoms with Crippen LogP contribution in [0.4, 0.5) is 0 Å². The molecule has 0 aliphatic carbocycles. The van der Waals surface area contributed by atoms with E-state index >= 15 is 0 Å². The van der Waals surface area contributed by atoms with E-state index in [1.54, 1.807) is 19.1 Å². The maximum Gasteiger partial charge on any atom is 0.342 e. The van der Waals surface area contributed by atoms with E-state index in [1.165, 1.54) is 6.39 Å². The summed E-state index contributed by atoms with van der Waals surface area (Å²) in [6.45, 7) is 2.09. The van der Waals surface area contributed by atoms with Gasteiger partial charge < -0.3 is 9.15 Å². The lowest BCUT2D eigenvalue weighted by molar-refractivity contribution is 0.0527. The van der Waals surface area contributed by atoms with Gasteiger partial charge in [-0.15, -0.1) is 0 Å². The Morgan fingerprint density at radius 3 is 3.13 bits per heavy atom. The number of halogens is 1. The van der Waals surface area contributed by atoms with Gasteiger partial charge in [-0.05, 0) is 19.1 Å². The Hall–Kier alpha value is -1.36. The van der Waals surface area contributed by atoms with Crippen molar-refractivity contribution in [3.05, 3.63) is 28.6 Å². The fourth-order valence-corrected chi connectivity index (χ4v) is 1.74. The van der Waals surface area contributed by atoms with Crippen molar-refractivity contribution >= 4 is 33.0 Å². The lowest BCUT2D eigenvalue weighted by Gasteiger charge is -2.02. The average molecular weight is 270 g/mol. The van der Waals surface area contributed by atoms with Crippen molar-refractivity contribution in [3.8, 4) is 0 Å². The molecule has 1 aromatic heterocycles. The van der Waals surface area contributed by atoms with E-state index in [0.717, 1.165) is 4.47 Å². The predicted octanol–water partition coefficient (Wildman–Crippen LogP) is 2.77. The molecule has 0 unspecified atom stereocenters. The van der Waals surface area contributed by atoms with Gasteiger partial charge in [0.15, 0.2) is 12.0 Å². The van der Waals surface area contributed by atoms with Crippen LogP contribution < -0.4 is 0 Å². The highest BCUT2D eigenvalue weighted by Gasteiger charge is 2.15. The maximum atomic E-state index is 11.6. The first-order valence-corrected chi connectivity index (χ1v) is 5.21. The Kier molecular flexibility index (Phi) is 2.73. The molecule has 15 heavy (non-hydrogen) atoms. The maximum absolute atomic E-state index is 11.6. The number of hydrogen-bond acceptors (Lipinski definition) is 4. The Bertz CT molecular complexity index is 506. The van der Waals surface area contributed by atoms with Gasteiger partial charge in [0.2, 0.25) is 0 Å². The molecule has 0 spiro atoms. The second kappa shape index (κ2) is 4.02. The third-order valence-corrected chi connectivity index (χ3v) is 2.35. The van der Waals surface area contributed by atoms with Crippen molar-refractivity contribution in [2.24, 2.45) is 0 Å². The van der Waals surface area contributed by atoms with Crippen LogP contribution in [0.15, 0.2) is 27.4 Å². The molecule has 78 valence electrons. The van der Waals surface area contributed by atoms with Crippen LogP contribution in [-0.2, 0) is 4.74 Å². The number of fused-ring (bicyclic) bond motifs is 1. The SMILES string of the molecule is CCOC(=O)c1cc(Br)cc2ncoc12. The molecule has 0 atom stereocenters. The van der Waals surface area contributed by atoms with Crippen molar-refractivity contribution in [1.82, 2.24) is 4.98 Å². The van der Waals surface area contributed by atoms with Crippen LogP contribution >= 0.6 is 15.9 Å². The summed E-state index contributed by atoms with van der Waals surface area (Å²) in [5.74, 6) is -0.402. The summed E-state index contributed by atoms with van der Waals surface area (Å²) in [4.78, 5) is 15.6. The largest absolute Gasteiger partial charge is 0.462 e. The molecule has 1 heterocycles. The van der Waals surface area contributed by atoms with Gasteiger partial charge in [0, 0.05) is 4.47 Å². The molecule has 0 radical (unpaired) electrons. The topological polar surface area (TPSA) is 52.3 Å². The number of ether oxygens (including phenoxy) is 1. The van der Waals surface area contributed by atoms with Gasteiger partial charge in [0.25, 0.3) is 0 Å². The zero-order valence-corrected chi connectivity index (χ0v) is 9.58. The monoisotopic (exact) mass is 269 g/mol. The van der Waals surface area contributed by atoms with Crippen LogP contribution in [0, 0.1) is 0 Å². The Balaban J connectivity index is 2.57. The number of oxazole rings is 1. The molecular weight excluding hydrogens is 262 g/mol. The van der Waals surface area contributed by atoms with E-state index in [9.17, 15) is 4.79 Å². The third kappa shape index (κ3) is 1.87. The number of carbonyl (C=O) groups excluding carboxylic acids is 1. The minimum absolute atomic E-state index is 0.334. The minimum atomic E-state index is -0.402. The summed E-state index contributed by atoms with van der Waals surface area (Å²) in [5.41, 5.74) is 1.47. The van der Waals surface area contributed by atoms with E-state index in [0.29, 0.717) is 23.3 Å². The van der Waals surface area contributed by atoms with Gasteiger partial charge in [-0.2, -0.15) is 0 Å². The van der Waals surface area contributed by atoms with Crippen molar-refractivity contribution in [1.29, 1.82) is 0 Å². The number of rotatable bonds is 2. The van der Waals surface area contributed by atoms with E-state index in [2.05, 4.69) is 20.9 Å². The summed E-state index contributed by atoms with van der Waals surface area (Å²) < 4.78 is 10.8. The van der Waals surface area contributed by atoms with Crippen LogP contribution in [-0.4, -0.2) is 17.6 Å². The Labute approximate surface area is 94.4 Å². The lowest BCUT2D eigenvalue weighted by atomic mass is 10.2. The molecule has 0 saturated heterocycles. The highest BCUT2D eigenvalue weighted by atomic mass is 79.9. The summed E-state index contributed by atoms with van der Waals surface area (Å²) in [5, 5.41) is 0. The van der Waals surface area contributed by atoms with Crippen LogP contribution in [0.5, 0.6) is 0 Å². The average Bonchev–Trinajstić information content (AvgIpc) is 2.64. The first-order valence-electron chi connectivity index (χ1n) is 4.42. The molecule has 0 aliphatic rings. The normalized spacial score (nSPS) is 10.5. The molecule has 0 N–H and O–H groups in total. The molecule has 2 aromatic rings. The highest BCUT2D eigenvalue weighted by molar-refractivity contribution is 9.10. The predicted molar refractivity (Wildman–Crippen MR) is 57.7 cm³/mol. The minimum Gasteiger partial charge on any atom is -0.462 e. The van der Waals surface area contributed by atoms with Crippen molar-refractivity contribution in [3.63, 3.8) is 0 Å². The zero-order valence-electron chi connectivity index (χ0n) is 7.99. The lowest BCUT2D eigenvalue weighted by Crippen LogP contribution is -2.04. The molecule has 0 aliphatic heterocycles. The molecule has 0 saturated carbocycles. The van der Waals surface area contributed by atoms with Crippen LogP contribution in [0.25, 0.3) is 11.1 Å². The molecule has 0 amide bonds. The van der Waals surface area contributed by atoms with Crippen LogP contribution in [0.2, 0.25) is 0 Å². The second-order valence-corrected chi connectivity index (χ2v) is 3.79. The van der Waals surface area contributed by atoms with Crippen molar-refractivity contribution < 1.29 is 13.9 Å². The third-order valence-electron chi connectivity index (χ3n) is 1.89. The standard InChI is InChI=1S/C10H8BrNO3/c1-2-14-10(13)7-3-6(11)4-8-9(7)15-5-12-8/h3-5H,2H2,1H3. The van der Waals surface area contributed by atoms with Gasteiger partial charge in [0.1, 0.15) is 11.1 Å². The number of nitrogens with zero attached hydrogens (tertiary/aromatic N) is 1. The fraction of sp³-hybridized carbons (Fsp3) is 0.200. The summed E-state index contributed by atoms with van der Waals surface area (Å²) in [7, 11) is 0. The van der Waals surface area contributed by atoms with E-state index in [1.807, 2.05) is 0 Å². The Morgan fingerprint density at radius 2 is 2.40 bits per heavy atom. The van der Waals surface area contributed by atoms with E-state index in [-0.39, 0.29) is 0 Å². The number of carbonyl (C=O) groups is 1. The first kappa shape index (κ1) is 10.2. The van der Waals surface area contributed by atoms with Crippen LogP contribution in [0.3, 0.4) is 0 Å². The number of hydrogen-bond donors (Lipinski definition) is 0. The number of esters is 1. The van der Waals surface area contributed by atoms with Gasteiger partial charge in [-0.25, -0.2) is 9.78 Å². The number of aromatic nitrogens is 1. The molecular formula is C10H8BrNO3. The van der Waals surface area contributed by atoms with Gasteiger partial charge >= 0.3 is 5.97 Å². The smallest absolute Gasteiger partial charge is 0.342 e. The summed E-state index contributed by atoms with van der Waals surface area (Å²) >= 11 is 3.30. The van der Waals surface area contributed by atoms with Crippen LogP contribution in [0.1, 0.15) is 17.3 Å². The summed E-state index contributed by atoms with van der Waals surface area (Å²) in [6.07, 6.45) is 1.31. The van der Waals surface area contributed by atoms with Crippen molar-refractivity contribution in [2.75, 3.05) is 6.61 Å². The fourth-order valence-electron chi connectivity index (χ4n) is 1.30. The van der Waals surface area contributed by atoms with Gasteiger partial charge in [0.05, 0.1) is 6.61 Å². The zero-order chi connectivity index (χ0) is 10.8. The highest BCUT2D eigenvalue weighted by Crippen LogP contribution is 2.24. The van der Waals surface area contributed by atoms with Gasteiger partial charge in [-0.1, -0.05) is 15.9 Å². The summed E-state index contributed by atoms with van der Waals surface area (Å²) in [6, 6.07) is 3.44. The van der Waals surface area contributed by atoms with Gasteiger partial charge in [-0.3, -0.25) is 0 Å². The molecule has 5 heteroatoms. The molecule has 0 bridgehead atoms. The van der Waals surface area contributed by atoms with Crippen molar-refractivity contribution in [2.45, 2.75) is 6.92 Å². The number of benzene rings is 1. The molecule has 2 rings (SSSR count). The molecule has 0 fully saturated rings. The van der Waals surface area contributed by atoms with E-state index in [4.69, 9.17) is 9.15 Å². The molecule has 4 nitrogen and oxygen atoms in total. The Morgan fingerprint density at radius 1 is 1.60 bits per heavy atom. The first-order chi connectivity index (χ1) is 7.22. The second-order valence-electron chi connectivity index (χ2n) is 2.87. The molecule has 1 aromatic carbocycles. The van der Waals surface area contributed by atoms with E-state index < -0.39 is 5.97 Å². The quantitative estimate of drug-likeness (QED) is 0.787.